The van der Waals surface area contributed by atoms with E-state index in [1.165, 1.54) is 42.4 Å². The third-order valence-corrected chi connectivity index (χ3v) is 8.60. The number of nitriles is 1. The number of amides is 3. The van der Waals surface area contributed by atoms with Crippen molar-refractivity contribution in [3.05, 3.63) is 48.5 Å². The van der Waals surface area contributed by atoms with Gasteiger partial charge in [-0.2, -0.15) is 5.26 Å². The lowest BCUT2D eigenvalue weighted by Crippen LogP contribution is -2.63. The van der Waals surface area contributed by atoms with Gasteiger partial charge < -0.3 is 14.5 Å². The van der Waals surface area contributed by atoms with Crippen molar-refractivity contribution < 1.29 is 38.5 Å². The van der Waals surface area contributed by atoms with Crippen LogP contribution >= 0.6 is 10.2 Å². The summed E-state index contributed by atoms with van der Waals surface area (Å²) in [5.74, 6) is -2.12. The summed E-state index contributed by atoms with van der Waals surface area (Å²) in [4.78, 5) is 51.6. The van der Waals surface area contributed by atoms with Crippen molar-refractivity contribution in [3.8, 4) is 6.19 Å². The Labute approximate surface area is 238 Å². The molecule has 0 bridgehead atoms. The van der Waals surface area contributed by atoms with Crippen LogP contribution in [0, 0.1) is 11.5 Å². The number of hydrogen-bond donors (Lipinski definition) is 0. The first kappa shape index (κ1) is 30.9. The Morgan fingerprint density at radius 1 is 1.14 bits per heavy atom. The van der Waals surface area contributed by atoms with E-state index >= 15 is 0 Å². The number of carbonyl (C=O) groups excluding carboxylic acids is 3. The number of carbonyl (C=O) groups is 3. The monoisotopic (exact) mass is 617 g/mol. The average Bonchev–Trinajstić information content (AvgIpc) is 3.37. The predicted octanol–water partition coefficient (Wildman–Crippen LogP) is 3.25. The third kappa shape index (κ3) is 5.81. The van der Waals surface area contributed by atoms with Crippen LogP contribution in [0.2, 0.25) is 0 Å². The lowest BCUT2D eigenvalue weighted by Gasteiger charge is -2.45. The Morgan fingerprint density at radius 2 is 1.81 bits per heavy atom. The lowest BCUT2D eigenvalue weighted by molar-refractivity contribution is -0.148. The number of hydrogen-bond acceptors (Lipinski definition) is 8. The summed E-state index contributed by atoms with van der Waals surface area (Å²) in [6.45, 7) is 1.15. The molecule has 3 amide bonds. The number of ether oxygens (including phenoxy) is 1. The molecule has 3 heterocycles. The second kappa shape index (κ2) is 10.1. The highest BCUT2D eigenvalue weighted by atomic mass is 32.5. The van der Waals surface area contributed by atoms with Gasteiger partial charge in [0.15, 0.2) is 11.7 Å². The van der Waals surface area contributed by atoms with Crippen LogP contribution in [0.25, 0.3) is 0 Å². The Kier molecular flexibility index (Phi) is 7.40. The highest BCUT2D eigenvalue weighted by Gasteiger charge is 2.65. The van der Waals surface area contributed by atoms with Gasteiger partial charge in [-0.25, -0.2) is 0 Å². The van der Waals surface area contributed by atoms with Crippen LogP contribution in [0.5, 0.6) is 0 Å². The van der Waals surface area contributed by atoms with E-state index in [9.17, 15) is 39.1 Å². The maximum atomic E-state index is 14.3. The number of likely N-dealkylation sites (N-methyl/N-ethyl adjacent to an activating group) is 1. The van der Waals surface area contributed by atoms with E-state index in [2.05, 4.69) is 9.97 Å². The van der Waals surface area contributed by atoms with Gasteiger partial charge in [-0.1, -0.05) is 19.4 Å². The molecule has 4 rings (SSSR count). The Balaban J connectivity index is 1.92. The summed E-state index contributed by atoms with van der Waals surface area (Å²) >= 11 is 0. The minimum Gasteiger partial charge on any atom is -0.379 e. The summed E-state index contributed by atoms with van der Waals surface area (Å²) in [6.07, 6.45) is 5.01. The molecule has 0 saturated carbocycles. The van der Waals surface area contributed by atoms with Crippen LogP contribution < -0.4 is 4.90 Å². The molecule has 3 atom stereocenters. The minimum atomic E-state index is -10.1. The zero-order valence-corrected chi connectivity index (χ0v) is 23.6. The van der Waals surface area contributed by atoms with Crippen LogP contribution in [0.3, 0.4) is 0 Å². The van der Waals surface area contributed by atoms with Crippen LogP contribution in [0.1, 0.15) is 19.0 Å². The minimum absolute atomic E-state index is 0.0132. The molecule has 11 nitrogen and oxygen atoms in total. The van der Waals surface area contributed by atoms with E-state index in [1.807, 2.05) is 6.19 Å². The van der Waals surface area contributed by atoms with Gasteiger partial charge in [0.1, 0.15) is 10.9 Å². The zero-order chi connectivity index (χ0) is 31.2. The van der Waals surface area contributed by atoms with E-state index in [1.54, 1.807) is 7.05 Å². The van der Waals surface area contributed by atoms with Gasteiger partial charge in [-0.3, -0.25) is 34.2 Å². The van der Waals surface area contributed by atoms with Gasteiger partial charge in [0.05, 0.1) is 31.1 Å². The molecule has 1 aromatic carbocycles. The SMILES string of the molecule is CO[C@@H]1C[C@H](C(=O)N(c2ccc(S(F)(F)(F)(F)F)cc2)C(C)(C(=O)N2CCN(C)C(=O)C2)c2cnccn2)N(C#N)C1. The van der Waals surface area contributed by atoms with Crippen LogP contribution in [0.4, 0.5) is 25.1 Å². The Bertz CT molecular complexity index is 1430. The van der Waals surface area contributed by atoms with Crippen LogP contribution in [-0.4, -0.2) is 94.9 Å². The van der Waals surface area contributed by atoms with Crippen molar-refractivity contribution in [1.82, 2.24) is 24.7 Å². The highest BCUT2D eigenvalue weighted by molar-refractivity contribution is 8.45. The number of likely N-dealkylation sites (tertiary alicyclic amines) is 1. The van der Waals surface area contributed by atoms with E-state index in [0.717, 1.165) is 9.80 Å². The molecule has 1 aromatic heterocycles. The fourth-order valence-corrected chi connectivity index (χ4v) is 5.68. The van der Waals surface area contributed by atoms with E-state index in [4.69, 9.17) is 4.74 Å². The number of nitrogens with zero attached hydrogens (tertiary/aromatic N) is 7. The van der Waals surface area contributed by atoms with Gasteiger partial charge in [0.2, 0.25) is 5.91 Å². The molecule has 17 heteroatoms. The fourth-order valence-electron chi connectivity index (χ4n) is 5.03. The molecular weight excluding hydrogens is 589 g/mol. The maximum Gasteiger partial charge on any atom is 0.310 e. The van der Waals surface area contributed by atoms with Gasteiger partial charge in [-0.15, -0.1) is 0 Å². The molecular formula is C25H28F5N7O4S. The topological polar surface area (TPSA) is 123 Å². The molecule has 0 aliphatic carbocycles. The Hall–Kier alpha value is -4.04. The molecule has 0 radical (unpaired) electrons. The van der Waals surface area contributed by atoms with Crippen molar-refractivity contribution in [2.75, 3.05) is 45.2 Å². The molecule has 42 heavy (non-hydrogen) atoms. The summed E-state index contributed by atoms with van der Waals surface area (Å²) in [6, 6.07) is 0.344. The van der Waals surface area contributed by atoms with Crippen LogP contribution in [-0.2, 0) is 24.7 Å². The van der Waals surface area contributed by atoms with E-state index < -0.39 is 50.5 Å². The number of anilines is 1. The summed E-state index contributed by atoms with van der Waals surface area (Å²) in [7, 11) is -7.16. The van der Waals surface area contributed by atoms with E-state index in [-0.39, 0.29) is 56.1 Å². The first-order chi connectivity index (χ1) is 19.4. The first-order valence-corrected chi connectivity index (χ1v) is 14.5. The first-order valence-electron chi connectivity index (χ1n) is 12.6. The van der Waals surface area contributed by atoms with Gasteiger partial charge in [0, 0.05) is 51.7 Å². The molecule has 228 valence electrons. The summed E-state index contributed by atoms with van der Waals surface area (Å²) in [5.41, 5.74) is -2.62. The predicted molar refractivity (Wildman–Crippen MR) is 140 cm³/mol. The van der Waals surface area contributed by atoms with Crippen LogP contribution in [0.15, 0.2) is 47.8 Å². The summed E-state index contributed by atoms with van der Waals surface area (Å²) < 4.78 is 73.1. The quantitative estimate of drug-likeness (QED) is 0.343. The number of benzene rings is 1. The maximum absolute atomic E-state index is 14.3. The van der Waals surface area contributed by atoms with Crippen molar-refractivity contribution in [1.29, 1.82) is 5.26 Å². The number of methoxy groups -OCH3 is 1. The molecule has 2 aliphatic rings. The smallest absolute Gasteiger partial charge is 0.310 e. The lowest BCUT2D eigenvalue weighted by atomic mass is 9.90. The fraction of sp³-hybridized carbons (Fsp3) is 0.440. The van der Waals surface area contributed by atoms with E-state index in [0.29, 0.717) is 12.1 Å². The second-order valence-electron chi connectivity index (χ2n) is 10.2. The average molecular weight is 618 g/mol. The van der Waals surface area contributed by atoms with Crippen molar-refractivity contribution in [2.24, 2.45) is 0 Å². The van der Waals surface area contributed by atoms with Crippen molar-refractivity contribution in [3.63, 3.8) is 0 Å². The van der Waals surface area contributed by atoms with Crippen molar-refractivity contribution >= 4 is 33.6 Å². The van der Waals surface area contributed by atoms with Crippen molar-refractivity contribution in [2.45, 2.75) is 35.9 Å². The van der Waals surface area contributed by atoms with Gasteiger partial charge in [-0.05, 0) is 31.2 Å². The molecule has 2 fully saturated rings. The number of halogens is 5. The number of rotatable bonds is 7. The highest BCUT2D eigenvalue weighted by Crippen LogP contribution is 3.02. The number of aromatic nitrogens is 2. The molecule has 2 aliphatic heterocycles. The number of piperazine rings is 1. The van der Waals surface area contributed by atoms with Gasteiger partial charge in [0.25, 0.3) is 11.8 Å². The largest absolute Gasteiger partial charge is 0.379 e. The summed E-state index contributed by atoms with van der Waals surface area (Å²) in [5, 5.41) is 9.73. The van der Waals surface area contributed by atoms with Gasteiger partial charge >= 0.3 is 10.2 Å². The molecule has 1 unspecified atom stereocenters. The zero-order valence-electron chi connectivity index (χ0n) is 22.8. The third-order valence-electron chi connectivity index (χ3n) is 7.44. The molecule has 0 spiro atoms. The standard InChI is InChI=1S/C25H28F5N7O4S/c1-25(21-13-32-8-9-33-21,24(40)35-11-10-34(2)22(38)15-35)37(23(39)20-12-18(41-3)14-36(20)16-31)17-4-6-19(7-5-17)42(26,27,28,29)30/h4-9,13,18,20H,10-12,14-15H2,1-3H3/t18-,20-,25?/m1/s1. The molecule has 2 aromatic rings. The second-order valence-corrected chi connectivity index (χ2v) is 12.6. The Morgan fingerprint density at radius 3 is 2.33 bits per heavy atom. The molecule has 2 saturated heterocycles. The molecule has 0 N–H and O–H groups in total. The normalized spacial score (nSPS) is 22.5.